The number of aliphatic imine (C=N–C) groups is 1. The van der Waals surface area contributed by atoms with Gasteiger partial charge in [-0.2, -0.15) is 0 Å². The molecule has 0 fully saturated rings. The minimum atomic E-state index is -0.221. The highest BCUT2D eigenvalue weighted by molar-refractivity contribution is 5.63. The monoisotopic (exact) mass is 139 g/mol. The number of hydrogen-bond acceptors (Lipinski definition) is 2. The first-order valence-electron chi connectivity index (χ1n) is 3.61. The highest BCUT2D eigenvalue weighted by Crippen LogP contribution is 2.15. The lowest BCUT2D eigenvalue weighted by molar-refractivity contribution is 0.201. The number of hydrogen-bond donors (Lipinski definition) is 1. The van der Waals surface area contributed by atoms with Gasteiger partial charge in [-0.3, -0.25) is 0 Å². The Morgan fingerprint density at radius 3 is 2.80 bits per heavy atom. The standard InChI is InChI=1S/C8H13NO/c1-9-6-7-2-4-8(10)5-3-7/h2,4,6-8,10H,3,5H2,1H3/t7-,8?/m1/s1. The van der Waals surface area contributed by atoms with Crippen molar-refractivity contribution in [2.24, 2.45) is 10.9 Å². The molecule has 2 atom stereocenters. The second-order valence-corrected chi connectivity index (χ2v) is 2.60. The summed E-state index contributed by atoms with van der Waals surface area (Å²) in [5.41, 5.74) is 0. The molecule has 56 valence electrons. The summed E-state index contributed by atoms with van der Waals surface area (Å²) in [5, 5.41) is 9.06. The summed E-state index contributed by atoms with van der Waals surface area (Å²) in [4.78, 5) is 3.93. The van der Waals surface area contributed by atoms with E-state index in [0.717, 1.165) is 12.8 Å². The molecule has 0 aliphatic heterocycles. The SMILES string of the molecule is CN=C[C@@H]1C=CC(O)CC1. The smallest absolute Gasteiger partial charge is 0.0721 e. The normalized spacial score (nSPS) is 33.4. The third-order valence-electron chi connectivity index (χ3n) is 1.72. The molecule has 0 spiro atoms. The van der Waals surface area contributed by atoms with Gasteiger partial charge in [0.15, 0.2) is 0 Å². The topological polar surface area (TPSA) is 32.6 Å². The molecule has 0 aromatic heterocycles. The molecule has 1 aliphatic carbocycles. The van der Waals surface area contributed by atoms with Crippen molar-refractivity contribution in [3.05, 3.63) is 12.2 Å². The summed E-state index contributed by atoms with van der Waals surface area (Å²) in [6.07, 6.45) is 7.45. The van der Waals surface area contributed by atoms with Crippen molar-refractivity contribution in [3.8, 4) is 0 Å². The first kappa shape index (κ1) is 7.48. The summed E-state index contributed by atoms with van der Waals surface area (Å²) in [6.45, 7) is 0. The molecule has 0 saturated heterocycles. The Kier molecular flexibility index (Phi) is 2.63. The molecule has 2 nitrogen and oxygen atoms in total. The zero-order valence-corrected chi connectivity index (χ0v) is 6.20. The quantitative estimate of drug-likeness (QED) is 0.427. The molecule has 1 aliphatic rings. The lowest BCUT2D eigenvalue weighted by Gasteiger charge is -2.15. The van der Waals surface area contributed by atoms with Gasteiger partial charge in [-0.25, -0.2) is 0 Å². The molecular formula is C8H13NO. The number of allylic oxidation sites excluding steroid dienone is 1. The van der Waals surface area contributed by atoms with Gasteiger partial charge in [-0.15, -0.1) is 0 Å². The van der Waals surface area contributed by atoms with Crippen molar-refractivity contribution in [1.29, 1.82) is 0 Å². The van der Waals surface area contributed by atoms with Crippen LogP contribution in [0.1, 0.15) is 12.8 Å². The molecule has 1 rings (SSSR count). The van der Waals surface area contributed by atoms with E-state index in [-0.39, 0.29) is 6.10 Å². The molecule has 0 amide bonds. The minimum absolute atomic E-state index is 0.221. The van der Waals surface area contributed by atoms with Crippen molar-refractivity contribution in [1.82, 2.24) is 0 Å². The molecule has 2 heteroatoms. The molecule has 0 aromatic rings. The maximum atomic E-state index is 9.06. The van der Waals surface area contributed by atoms with Crippen LogP contribution in [0.5, 0.6) is 0 Å². The molecule has 1 N–H and O–H groups in total. The lowest BCUT2D eigenvalue weighted by atomic mass is 9.95. The van der Waals surface area contributed by atoms with Crippen molar-refractivity contribution < 1.29 is 5.11 Å². The van der Waals surface area contributed by atoms with Crippen molar-refractivity contribution in [2.75, 3.05) is 7.05 Å². The van der Waals surface area contributed by atoms with Crippen molar-refractivity contribution in [2.45, 2.75) is 18.9 Å². The first-order valence-corrected chi connectivity index (χ1v) is 3.61. The van der Waals surface area contributed by atoms with Gasteiger partial charge in [0, 0.05) is 19.2 Å². The van der Waals surface area contributed by atoms with Crippen LogP contribution in [0.25, 0.3) is 0 Å². The van der Waals surface area contributed by atoms with Gasteiger partial charge in [-0.1, -0.05) is 12.2 Å². The van der Waals surface area contributed by atoms with Gasteiger partial charge in [0.2, 0.25) is 0 Å². The number of aliphatic hydroxyl groups is 1. The van der Waals surface area contributed by atoms with E-state index in [1.54, 1.807) is 7.05 Å². The summed E-state index contributed by atoms with van der Waals surface area (Å²) >= 11 is 0. The van der Waals surface area contributed by atoms with Crippen molar-refractivity contribution in [3.63, 3.8) is 0 Å². The maximum Gasteiger partial charge on any atom is 0.0721 e. The van der Waals surface area contributed by atoms with E-state index in [1.165, 1.54) is 0 Å². The van der Waals surface area contributed by atoms with Crippen LogP contribution in [-0.2, 0) is 0 Å². The average Bonchev–Trinajstić information content (AvgIpc) is 1.95. The van der Waals surface area contributed by atoms with E-state index in [9.17, 15) is 0 Å². The fraction of sp³-hybridized carbons (Fsp3) is 0.625. The third-order valence-corrected chi connectivity index (χ3v) is 1.72. The number of nitrogens with zero attached hydrogens (tertiary/aromatic N) is 1. The second kappa shape index (κ2) is 3.52. The second-order valence-electron chi connectivity index (χ2n) is 2.60. The molecular weight excluding hydrogens is 126 g/mol. The Morgan fingerprint density at radius 1 is 1.50 bits per heavy atom. The van der Waals surface area contributed by atoms with Crippen LogP contribution < -0.4 is 0 Å². The Morgan fingerprint density at radius 2 is 2.30 bits per heavy atom. The highest BCUT2D eigenvalue weighted by atomic mass is 16.3. The Hall–Kier alpha value is -0.630. The van der Waals surface area contributed by atoms with Gasteiger partial charge in [0.25, 0.3) is 0 Å². The van der Waals surface area contributed by atoms with E-state index in [1.807, 2.05) is 18.4 Å². The fourth-order valence-electron chi connectivity index (χ4n) is 1.14. The van der Waals surface area contributed by atoms with Gasteiger partial charge in [0.05, 0.1) is 6.10 Å². The van der Waals surface area contributed by atoms with Gasteiger partial charge >= 0.3 is 0 Å². The van der Waals surface area contributed by atoms with Crippen LogP contribution in [0, 0.1) is 5.92 Å². The predicted molar refractivity (Wildman–Crippen MR) is 42.3 cm³/mol. The summed E-state index contributed by atoms with van der Waals surface area (Å²) in [6, 6.07) is 0. The number of rotatable bonds is 1. The van der Waals surface area contributed by atoms with Gasteiger partial charge < -0.3 is 10.1 Å². The van der Waals surface area contributed by atoms with Crippen LogP contribution in [0.2, 0.25) is 0 Å². The Balaban J connectivity index is 2.45. The van der Waals surface area contributed by atoms with E-state index in [0.29, 0.717) is 5.92 Å². The molecule has 0 aromatic carbocycles. The molecule has 0 saturated carbocycles. The molecule has 1 unspecified atom stereocenters. The van der Waals surface area contributed by atoms with E-state index in [4.69, 9.17) is 5.11 Å². The molecule has 0 radical (unpaired) electrons. The van der Waals surface area contributed by atoms with Crippen LogP contribution in [0.4, 0.5) is 0 Å². The Labute approximate surface area is 61.3 Å². The zero-order chi connectivity index (χ0) is 7.40. The maximum absolute atomic E-state index is 9.06. The summed E-state index contributed by atoms with van der Waals surface area (Å²) < 4.78 is 0. The molecule has 0 heterocycles. The number of aliphatic hydroxyl groups excluding tert-OH is 1. The summed E-state index contributed by atoms with van der Waals surface area (Å²) in [7, 11) is 1.78. The van der Waals surface area contributed by atoms with Gasteiger partial charge in [0.1, 0.15) is 0 Å². The van der Waals surface area contributed by atoms with Crippen LogP contribution >= 0.6 is 0 Å². The third kappa shape index (κ3) is 1.95. The molecule has 0 bridgehead atoms. The average molecular weight is 139 g/mol. The largest absolute Gasteiger partial charge is 0.389 e. The minimum Gasteiger partial charge on any atom is -0.389 e. The fourth-order valence-corrected chi connectivity index (χ4v) is 1.14. The van der Waals surface area contributed by atoms with Crippen LogP contribution in [0.3, 0.4) is 0 Å². The Bertz CT molecular complexity index is 151. The van der Waals surface area contributed by atoms with Gasteiger partial charge in [-0.05, 0) is 12.8 Å². The molecule has 10 heavy (non-hydrogen) atoms. The summed E-state index contributed by atoms with van der Waals surface area (Å²) in [5.74, 6) is 0.452. The highest BCUT2D eigenvalue weighted by Gasteiger charge is 2.10. The first-order chi connectivity index (χ1) is 4.83. The van der Waals surface area contributed by atoms with Crippen molar-refractivity contribution >= 4 is 6.21 Å². The predicted octanol–water partition coefficient (Wildman–Crippen LogP) is 1.01. The van der Waals surface area contributed by atoms with Crippen LogP contribution in [-0.4, -0.2) is 24.5 Å². The zero-order valence-electron chi connectivity index (χ0n) is 6.20. The van der Waals surface area contributed by atoms with E-state index >= 15 is 0 Å². The lowest BCUT2D eigenvalue weighted by Crippen LogP contribution is -2.12. The van der Waals surface area contributed by atoms with Crippen LogP contribution in [0.15, 0.2) is 17.1 Å². The van der Waals surface area contributed by atoms with E-state index < -0.39 is 0 Å². The van der Waals surface area contributed by atoms with E-state index in [2.05, 4.69) is 4.99 Å².